The molecule has 3 aromatic rings. The summed E-state index contributed by atoms with van der Waals surface area (Å²) < 4.78 is 10.9. The lowest BCUT2D eigenvalue weighted by atomic mass is 10.0. The molecule has 0 aliphatic heterocycles. The van der Waals surface area contributed by atoms with Gasteiger partial charge in [-0.1, -0.05) is 72.8 Å². The minimum atomic E-state index is -0.747. The fourth-order valence-corrected chi connectivity index (χ4v) is 5.85. The van der Waals surface area contributed by atoms with Crippen molar-refractivity contribution in [3.8, 4) is 0 Å². The Morgan fingerprint density at radius 3 is 1.89 bits per heavy atom. The summed E-state index contributed by atoms with van der Waals surface area (Å²) in [5.41, 5.74) is 9.88. The molecule has 36 heavy (non-hydrogen) atoms. The van der Waals surface area contributed by atoms with E-state index in [-0.39, 0.29) is 18.4 Å². The number of rotatable bonds is 10. The fourth-order valence-electron chi connectivity index (χ4n) is 3.91. The molecular formula is C29H36ClNO4Si. The molecule has 0 radical (unpaired) electrons. The molecule has 0 unspecified atom stereocenters. The number of halogens is 1. The van der Waals surface area contributed by atoms with Gasteiger partial charge in [-0.2, -0.15) is 0 Å². The van der Waals surface area contributed by atoms with Crippen LogP contribution in [0.15, 0.2) is 84.9 Å². The topological polar surface area (TPSA) is 78.6 Å². The van der Waals surface area contributed by atoms with E-state index in [1.807, 2.05) is 32.9 Å². The summed E-state index contributed by atoms with van der Waals surface area (Å²) in [7, 11) is -0.583. The first-order valence-corrected chi connectivity index (χ1v) is 13.9. The van der Waals surface area contributed by atoms with Crippen LogP contribution in [0.4, 0.5) is 0 Å². The number of ether oxygens (including phenoxy) is 2. The Morgan fingerprint density at radius 2 is 1.39 bits per heavy atom. The van der Waals surface area contributed by atoms with E-state index < -0.39 is 27.1 Å². The van der Waals surface area contributed by atoms with Gasteiger partial charge < -0.3 is 15.2 Å². The molecule has 7 heteroatoms. The van der Waals surface area contributed by atoms with Crippen LogP contribution in [0.1, 0.15) is 53.4 Å². The Kier molecular flexibility index (Phi) is 11.4. The molecule has 0 saturated heterocycles. The molecular weight excluding hydrogens is 490 g/mol. The van der Waals surface area contributed by atoms with Crippen molar-refractivity contribution >= 4 is 33.9 Å². The second-order valence-corrected chi connectivity index (χ2v) is 11.8. The van der Waals surface area contributed by atoms with E-state index in [4.69, 9.17) is 15.2 Å². The third-order valence-electron chi connectivity index (χ3n) is 5.63. The Balaban J connectivity index is 0.00000456. The van der Waals surface area contributed by atoms with Gasteiger partial charge in [-0.15, -0.1) is 12.4 Å². The number of carbonyl (C=O) groups excluding carboxylic acids is 2. The van der Waals surface area contributed by atoms with Gasteiger partial charge in [-0.3, -0.25) is 4.79 Å². The van der Waals surface area contributed by atoms with Gasteiger partial charge in [-0.25, -0.2) is 4.79 Å². The number of esters is 2. The van der Waals surface area contributed by atoms with Crippen molar-refractivity contribution in [3.05, 3.63) is 107 Å². The largest absolute Gasteiger partial charge is 0.465 e. The van der Waals surface area contributed by atoms with Crippen LogP contribution >= 0.6 is 12.4 Å². The molecule has 0 saturated carbocycles. The summed E-state index contributed by atoms with van der Waals surface area (Å²) in [4.78, 5) is 24.6. The fraction of sp³-hybridized carbons (Fsp3) is 0.310. The van der Waals surface area contributed by atoms with E-state index in [9.17, 15) is 9.59 Å². The van der Waals surface area contributed by atoms with Crippen LogP contribution < -0.4 is 5.73 Å². The first-order chi connectivity index (χ1) is 16.7. The van der Waals surface area contributed by atoms with Crippen molar-refractivity contribution in [2.45, 2.75) is 50.4 Å². The highest BCUT2D eigenvalue weighted by molar-refractivity contribution is 6.39. The highest BCUT2D eigenvalue weighted by Crippen LogP contribution is 2.24. The number of hydrogen-bond donors (Lipinski definition) is 1. The first kappa shape index (κ1) is 29.3. The van der Waals surface area contributed by atoms with Gasteiger partial charge in [0.05, 0.1) is 12.2 Å². The van der Waals surface area contributed by atoms with Crippen LogP contribution in [-0.4, -0.2) is 39.7 Å². The molecule has 192 valence electrons. The van der Waals surface area contributed by atoms with Crippen molar-refractivity contribution in [1.29, 1.82) is 0 Å². The minimum absolute atomic E-state index is 0. The van der Waals surface area contributed by atoms with E-state index in [1.54, 1.807) is 24.3 Å². The monoisotopic (exact) mass is 525 g/mol. The molecule has 0 aliphatic carbocycles. The molecule has 3 aromatic carbocycles. The summed E-state index contributed by atoms with van der Waals surface area (Å²) in [5, 5.41) is 0. The molecule has 0 aliphatic rings. The second kappa shape index (κ2) is 14.0. The van der Waals surface area contributed by atoms with E-state index in [2.05, 4.69) is 48.5 Å². The van der Waals surface area contributed by atoms with Crippen LogP contribution in [0.25, 0.3) is 0 Å². The molecule has 5 nitrogen and oxygen atoms in total. The number of carbonyl (C=O) groups is 2. The van der Waals surface area contributed by atoms with Gasteiger partial charge in [0.25, 0.3) is 0 Å². The van der Waals surface area contributed by atoms with Crippen molar-refractivity contribution in [2.75, 3.05) is 6.61 Å². The van der Waals surface area contributed by atoms with Crippen LogP contribution in [0.2, 0.25) is 6.04 Å². The van der Waals surface area contributed by atoms with Crippen LogP contribution in [0.5, 0.6) is 0 Å². The maximum Gasteiger partial charge on any atom is 0.338 e. The third kappa shape index (κ3) is 9.26. The van der Waals surface area contributed by atoms with Crippen LogP contribution in [0.3, 0.4) is 0 Å². The number of nitrogens with two attached hydrogens (primary N) is 1. The lowest BCUT2D eigenvalue weighted by Gasteiger charge is -2.19. The summed E-state index contributed by atoms with van der Waals surface area (Å²) in [6, 6.07) is 28.1. The van der Waals surface area contributed by atoms with Crippen molar-refractivity contribution in [3.63, 3.8) is 0 Å². The van der Waals surface area contributed by atoms with Crippen molar-refractivity contribution in [1.82, 2.24) is 0 Å². The summed E-state index contributed by atoms with van der Waals surface area (Å²) >= 11 is 0. The predicted octanol–water partition coefficient (Wildman–Crippen LogP) is 4.85. The quantitative estimate of drug-likeness (QED) is 0.232. The summed E-state index contributed by atoms with van der Waals surface area (Å²) in [6.07, 6.45) is 0.349. The predicted molar refractivity (Wildman–Crippen MR) is 150 cm³/mol. The Hall–Kier alpha value is -2.93. The maximum absolute atomic E-state index is 12.5. The van der Waals surface area contributed by atoms with Gasteiger partial charge in [0, 0.05) is 9.52 Å². The van der Waals surface area contributed by atoms with Crippen LogP contribution in [-0.2, 0) is 20.7 Å². The van der Waals surface area contributed by atoms with E-state index in [0.717, 1.165) is 11.6 Å². The molecule has 0 spiro atoms. The van der Waals surface area contributed by atoms with Gasteiger partial charge in [0.15, 0.2) is 0 Å². The van der Waals surface area contributed by atoms with E-state index >= 15 is 0 Å². The Morgan fingerprint density at radius 1 is 0.861 bits per heavy atom. The molecule has 0 amide bonds. The zero-order chi connectivity index (χ0) is 25.3. The average molecular weight is 526 g/mol. The molecule has 0 aromatic heterocycles. The molecule has 2 N–H and O–H groups in total. The van der Waals surface area contributed by atoms with Crippen LogP contribution in [0, 0.1) is 0 Å². The van der Waals surface area contributed by atoms with E-state index in [1.165, 1.54) is 11.1 Å². The summed E-state index contributed by atoms with van der Waals surface area (Å²) in [5.74, 6) is -0.771. The summed E-state index contributed by atoms with van der Waals surface area (Å²) in [6.45, 7) is 5.87. The normalized spacial score (nSPS) is 12.2. The van der Waals surface area contributed by atoms with Crippen molar-refractivity contribution in [2.24, 2.45) is 5.73 Å². The van der Waals surface area contributed by atoms with Crippen molar-refractivity contribution < 1.29 is 19.1 Å². The third-order valence-corrected chi connectivity index (χ3v) is 7.85. The highest BCUT2D eigenvalue weighted by Gasteiger charge is 2.20. The lowest BCUT2D eigenvalue weighted by Crippen LogP contribution is -2.34. The zero-order valence-electron chi connectivity index (χ0n) is 21.2. The molecule has 0 bridgehead atoms. The first-order valence-electron chi connectivity index (χ1n) is 12.1. The molecule has 1 atom stereocenters. The molecule has 0 fully saturated rings. The number of benzene rings is 3. The average Bonchev–Trinajstić information content (AvgIpc) is 2.84. The smallest absolute Gasteiger partial charge is 0.338 e. The SMILES string of the molecule is CC(C)(C)OC(=O)c1ccc(C[C@H](N)C(=O)OCC[SiH2]C(c2ccccc2)c2ccccc2)cc1.Cl. The van der Waals surface area contributed by atoms with Gasteiger partial charge >= 0.3 is 11.9 Å². The standard InChI is InChI=1S/C29H35NO4Si.ClH/c1-29(2,3)34-27(31)24-16-14-21(15-17-24)20-25(30)28(32)33-18-19-35-26(22-10-6-4-7-11-22)23-12-8-5-9-13-23;/h4-17,25-26H,18-20,30,35H2,1-3H3;1H/t25-;/m0./s1. The zero-order valence-corrected chi connectivity index (χ0v) is 23.4. The van der Waals surface area contributed by atoms with E-state index in [0.29, 0.717) is 24.1 Å². The molecule has 3 rings (SSSR count). The molecule has 0 heterocycles. The lowest BCUT2D eigenvalue weighted by molar-refractivity contribution is -0.144. The number of hydrogen-bond acceptors (Lipinski definition) is 5. The van der Waals surface area contributed by atoms with Gasteiger partial charge in [-0.05, 0) is 67.6 Å². The maximum atomic E-state index is 12.5. The Bertz CT molecular complexity index is 1050. The highest BCUT2D eigenvalue weighted by atomic mass is 35.5. The van der Waals surface area contributed by atoms with Gasteiger partial charge in [0.2, 0.25) is 0 Å². The Labute approximate surface area is 222 Å². The van der Waals surface area contributed by atoms with Gasteiger partial charge in [0.1, 0.15) is 11.6 Å². The second-order valence-electron chi connectivity index (χ2n) is 9.69. The minimum Gasteiger partial charge on any atom is -0.465 e.